The summed E-state index contributed by atoms with van der Waals surface area (Å²) in [6, 6.07) is 0. The average Bonchev–Trinajstić information content (AvgIpc) is 2.58. The van der Waals surface area contributed by atoms with Gasteiger partial charge in [-0.3, -0.25) is 0 Å². The highest BCUT2D eigenvalue weighted by Gasteiger charge is 2.09. The van der Waals surface area contributed by atoms with E-state index in [4.69, 9.17) is 4.74 Å². The smallest absolute Gasteiger partial charge is 0.256 e. The van der Waals surface area contributed by atoms with Crippen molar-refractivity contribution in [1.82, 2.24) is 9.55 Å². The number of rotatable bonds is 8. The molecule has 0 aliphatic carbocycles. The number of aryl methyl sites for hydroxylation is 1. The fraction of sp³-hybridized carbons (Fsp3) is 0.727. The minimum atomic E-state index is -2.37. The van der Waals surface area contributed by atoms with Gasteiger partial charge in [-0.15, -0.1) is 0 Å². The van der Waals surface area contributed by atoms with E-state index in [9.17, 15) is 8.78 Å². The highest BCUT2D eigenvalue weighted by Crippen LogP contribution is 2.11. The Hall–Kier alpha value is -1.17. The largest absolute Gasteiger partial charge is 0.382 e. The lowest BCUT2D eigenvalue weighted by molar-refractivity contribution is 0.127. The van der Waals surface area contributed by atoms with Crippen molar-refractivity contribution in [3.63, 3.8) is 0 Å². The fourth-order valence-corrected chi connectivity index (χ4v) is 1.49. The summed E-state index contributed by atoms with van der Waals surface area (Å²) in [6.45, 7) is 5.42. The van der Waals surface area contributed by atoms with Gasteiger partial charge >= 0.3 is 0 Å². The summed E-state index contributed by atoms with van der Waals surface area (Å²) in [5.41, 5.74) is 0.734. The van der Waals surface area contributed by atoms with Gasteiger partial charge in [0.25, 0.3) is 6.43 Å². The van der Waals surface area contributed by atoms with Gasteiger partial charge in [-0.25, -0.2) is 13.8 Å². The molecule has 0 amide bonds. The molecule has 0 aliphatic heterocycles. The molecule has 0 saturated heterocycles. The molecule has 6 heteroatoms. The van der Waals surface area contributed by atoms with Crippen LogP contribution in [0.2, 0.25) is 0 Å². The van der Waals surface area contributed by atoms with Crippen LogP contribution in [0.5, 0.6) is 0 Å². The van der Waals surface area contributed by atoms with Crippen LogP contribution in [0.15, 0.2) is 6.20 Å². The molecule has 0 aromatic carbocycles. The number of hydrogen-bond donors (Lipinski definition) is 1. The third kappa shape index (κ3) is 5.12. The summed E-state index contributed by atoms with van der Waals surface area (Å²) in [5, 5.41) is 3.04. The van der Waals surface area contributed by atoms with E-state index in [1.165, 1.54) is 4.57 Å². The molecule has 0 unspecified atom stereocenters. The summed E-state index contributed by atoms with van der Waals surface area (Å²) < 4.78 is 31.2. The third-order valence-corrected chi connectivity index (χ3v) is 2.18. The van der Waals surface area contributed by atoms with Crippen LogP contribution >= 0.6 is 0 Å². The topological polar surface area (TPSA) is 39.1 Å². The highest BCUT2D eigenvalue weighted by atomic mass is 19.3. The Morgan fingerprint density at radius 2 is 2.29 bits per heavy atom. The SMILES string of the molecule is CCOCCCNc1nc(C)cn1CC(F)F. The zero-order chi connectivity index (χ0) is 12.7. The number of nitrogens with one attached hydrogen (secondary N) is 1. The van der Waals surface area contributed by atoms with Crippen molar-refractivity contribution < 1.29 is 13.5 Å². The van der Waals surface area contributed by atoms with E-state index in [0.717, 1.165) is 12.1 Å². The number of ether oxygens (including phenoxy) is 1. The van der Waals surface area contributed by atoms with Gasteiger partial charge in [0.05, 0.1) is 12.2 Å². The lowest BCUT2D eigenvalue weighted by Gasteiger charge is -2.09. The van der Waals surface area contributed by atoms with E-state index in [1.54, 1.807) is 13.1 Å². The van der Waals surface area contributed by atoms with Crippen LogP contribution in [-0.4, -0.2) is 35.7 Å². The van der Waals surface area contributed by atoms with Crippen LogP contribution in [0, 0.1) is 6.92 Å². The Labute approximate surface area is 100.0 Å². The van der Waals surface area contributed by atoms with Crippen molar-refractivity contribution in [2.45, 2.75) is 33.2 Å². The standard InChI is InChI=1S/C11H19F2N3O/c1-3-17-6-4-5-14-11-15-9(2)7-16(11)8-10(12)13/h7,10H,3-6,8H2,1-2H3,(H,14,15). The first-order chi connectivity index (χ1) is 8.13. The van der Waals surface area contributed by atoms with Crippen molar-refractivity contribution in [1.29, 1.82) is 0 Å². The van der Waals surface area contributed by atoms with Gasteiger partial charge in [0.1, 0.15) is 0 Å². The minimum Gasteiger partial charge on any atom is -0.382 e. The Balaban J connectivity index is 2.40. The summed E-state index contributed by atoms with van der Waals surface area (Å²) >= 11 is 0. The zero-order valence-electron chi connectivity index (χ0n) is 10.2. The summed E-state index contributed by atoms with van der Waals surface area (Å²) in [5.74, 6) is 0.499. The Bertz CT molecular complexity index is 329. The summed E-state index contributed by atoms with van der Waals surface area (Å²) in [4.78, 5) is 4.16. The van der Waals surface area contributed by atoms with Gasteiger partial charge in [-0.1, -0.05) is 0 Å². The quantitative estimate of drug-likeness (QED) is 0.716. The minimum absolute atomic E-state index is 0.325. The molecule has 0 spiro atoms. The Kier molecular flexibility index (Phi) is 5.90. The fourth-order valence-electron chi connectivity index (χ4n) is 1.49. The highest BCUT2D eigenvalue weighted by molar-refractivity contribution is 5.28. The monoisotopic (exact) mass is 247 g/mol. The van der Waals surface area contributed by atoms with E-state index >= 15 is 0 Å². The normalized spacial score (nSPS) is 11.1. The molecule has 1 heterocycles. The molecule has 1 N–H and O–H groups in total. The van der Waals surface area contributed by atoms with E-state index in [0.29, 0.717) is 25.7 Å². The molecule has 1 rings (SSSR count). The second-order valence-electron chi connectivity index (χ2n) is 3.73. The van der Waals surface area contributed by atoms with Gasteiger partial charge in [0, 0.05) is 26.0 Å². The van der Waals surface area contributed by atoms with E-state index < -0.39 is 6.43 Å². The number of halogens is 2. The summed E-state index contributed by atoms with van der Waals surface area (Å²) in [6.07, 6.45) is 0.0819. The lowest BCUT2D eigenvalue weighted by Crippen LogP contribution is -2.13. The third-order valence-electron chi connectivity index (χ3n) is 2.18. The van der Waals surface area contributed by atoms with E-state index in [2.05, 4.69) is 10.3 Å². The number of alkyl halides is 2. The maximum atomic E-state index is 12.3. The first-order valence-corrected chi connectivity index (χ1v) is 5.77. The molecule has 0 saturated carbocycles. The van der Waals surface area contributed by atoms with Crippen LogP contribution in [0.1, 0.15) is 19.0 Å². The van der Waals surface area contributed by atoms with E-state index in [1.807, 2.05) is 6.92 Å². The molecular formula is C11H19F2N3O. The maximum Gasteiger partial charge on any atom is 0.256 e. The van der Waals surface area contributed by atoms with E-state index in [-0.39, 0.29) is 6.54 Å². The maximum absolute atomic E-state index is 12.3. The molecule has 4 nitrogen and oxygen atoms in total. The molecule has 1 aromatic rings. The second-order valence-corrected chi connectivity index (χ2v) is 3.73. The van der Waals surface area contributed by atoms with Crippen LogP contribution in [0.3, 0.4) is 0 Å². The molecular weight excluding hydrogens is 228 g/mol. The molecule has 98 valence electrons. The number of hydrogen-bond acceptors (Lipinski definition) is 3. The molecule has 1 aromatic heterocycles. The predicted octanol–water partition coefficient (Wildman–Crippen LogP) is 2.30. The van der Waals surface area contributed by atoms with Gasteiger partial charge < -0.3 is 14.6 Å². The molecule has 0 aliphatic rings. The molecule has 17 heavy (non-hydrogen) atoms. The van der Waals surface area contributed by atoms with Crippen molar-refractivity contribution in [2.75, 3.05) is 25.1 Å². The summed E-state index contributed by atoms with van der Waals surface area (Å²) in [7, 11) is 0. The van der Waals surface area contributed by atoms with Crippen molar-refractivity contribution in [3.05, 3.63) is 11.9 Å². The lowest BCUT2D eigenvalue weighted by atomic mass is 10.4. The van der Waals surface area contributed by atoms with Crippen LogP contribution in [0.4, 0.5) is 14.7 Å². The van der Waals surface area contributed by atoms with Crippen molar-refractivity contribution >= 4 is 5.95 Å². The second kappa shape index (κ2) is 7.21. The van der Waals surface area contributed by atoms with Crippen molar-refractivity contribution in [2.24, 2.45) is 0 Å². The Morgan fingerprint density at radius 3 is 2.94 bits per heavy atom. The number of imidazole rings is 1. The molecule has 0 bridgehead atoms. The zero-order valence-corrected chi connectivity index (χ0v) is 10.2. The van der Waals surface area contributed by atoms with Crippen LogP contribution in [0.25, 0.3) is 0 Å². The van der Waals surface area contributed by atoms with Gasteiger partial charge in [-0.2, -0.15) is 0 Å². The van der Waals surface area contributed by atoms with Gasteiger partial charge in [0.2, 0.25) is 5.95 Å². The predicted molar refractivity (Wildman–Crippen MR) is 62.6 cm³/mol. The first kappa shape index (κ1) is 13.9. The number of aromatic nitrogens is 2. The van der Waals surface area contributed by atoms with Gasteiger partial charge in [-0.05, 0) is 20.3 Å². The van der Waals surface area contributed by atoms with Crippen molar-refractivity contribution in [3.8, 4) is 0 Å². The van der Waals surface area contributed by atoms with Crippen LogP contribution in [-0.2, 0) is 11.3 Å². The number of nitrogens with zero attached hydrogens (tertiary/aromatic N) is 2. The Morgan fingerprint density at radius 1 is 1.53 bits per heavy atom. The van der Waals surface area contributed by atoms with Gasteiger partial charge in [0.15, 0.2) is 0 Å². The molecule has 0 atom stereocenters. The number of anilines is 1. The first-order valence-electron chi connectivity index (χ1n) is 5.77. The molecule has 0 fully saturated rings. The molecule has 0 radical (unpaired) electrons. The average molecular weight is 247 g/mol. The van der Waals surface area contributed by atoms with Crippen LogP contribution < -0.4 is 5.32 Å².